The number of hydrogen-bond acceptors (Lipinski definition) is 2. The summed E-state index contributed by atoms with van der Waals surface area (Å²) in [5.41, 5.74) is 1.59. The first-order chi connectivity index (χ1) is 8.73. The Morgan fingerprint density at radius 1 is 0.895 bits per heavy atom. The van der Waals surface area contributed by atoms with Crippen LogP contribution >= 0.6 is 23.2 Å². The molecule has 2 amide bonds. The second kappa shape index (κ2) is 4.66. The molecule has 5 heteroatoms. The fourth-order valence-electron chi connectivity index (χ4n) is 1.82. The predicted octanol–water partition coefficient (Wildman–Crippen LogP) is 3.55. The normalized spacial score (nSPS) is 16.6. The van der Waals surface area contributed by atoms with Gasteiger partial charge in [-0.25, -0.2) is 4.90 Å². The zero-order valence-electron chi connectivity index (χ0n) is 10.8. The summed E-state index contributed by atoms with van der Waals surface area (Å²) in [4.78, 5) is 24.7. The van der Waals surface area contributed by atoms with Crippen molar-refractivity contribution in [3.05, 3.63) is 39.9 Å². The Labute approximate surface area is 121 Å². The topological polar surface area (TPSA) is 37.4 Å². The van der Waals surface area contributed by atoms with Crippen LogP contribution < -0.4 is 4.90 Å². The monoisotopic (exact) mass is 297 g/mol. The first kappa shape index (κ1) is 14.1. The minimum absolute atomic E-state index is 0.00506. The number of carbonyl (C=O) groups is 2. The maximum atomic E-state index is 11.8. The minimum atomic E-state index is -0.583. The van der Waals surface area contributed by atoms with E-state index in [1.165, 1.54) is 0 Å². The lowest BCUT2D eigenvalue weighted by Gasteiger charge is -2.20. The lowest BCUT2D eigenvalue weighted by atomic mass is 9.87. The molecule has 0 bridgehead atoms. The Morgan fingerprint density at radius 2 is 1.32 bits per heavy atom. The molecule has 0 aromatic heterocycles. The number of imide groups is 1. The lowest BCUT2D eigenvalue weighted by molar-refractivity contribution is -0.120. The molecule has 1 aromatic carbocycles. The third kappa shape index (κ3) is 2.40. The van der Waals surface area contributed by atoms with Gasteiger partial charge in [-0.3, -0.25) is 9.59 Å². The van der Waals surface area contributed by atoms with Gasteiger partial charge in [0, 0.05) is 0 Å². The first-order valence-electron chi connectivity index (χ1n) is 5.78. The molecular weight excluding hydrogens is 285 g/mol. The lowest BCUT2D eigenvalue weighted by Crippen LogP contribution is -2.30. The van der Waals surface area contributed by atoms with Crippen LogP contribution in [0.25, 0.3) is 0 Å². The van der Waals surface area contributed by atoms with E-state index in [1.807, 2.05) is 12.1 Å². The number of amides is 2. The van der Waals surface area contributed by atoms with Gasteiger partial charge in [0.25, 0.3) is 11.8 Å². The Kier molecular flexibility index (Phi) is 3.45. The molecule has 0 spiro atoms. The van der Waals surface area contributed by atoms with Crippen molar-refractivity contribution >= 4 is 40.7 Å². The van der Waals surface area contributed by atoms with E-state index in [0.717, 1.165) is 10.5 Å². The van der Waals surface area contributed by atoms with Crippen LogP contribution in [0.4, 0.5) is 5.69 Å². The number of hydrogen-bond donors (Lipinski definition) is 0. The van der Waals surface area contributed by atoms with Crippen LogP contribution in [0.1, 0.15) is 26.3 Å². The van der Waals surface area contributed by atoms with Gasteiger partial charge < -0.3 is 0 Å². The van der Waals surface area contributed by atoms with Crippen molar-refractivity contribution in [1.29, 1.82) is 0 Å². The summed E-state index contributed by atoms with van der Waals surface area (Å²) >= 11 is 11.4. The average molecular weight is 298 g/mol. The molecule has 1 aromatic rings. The van der Waals surface area contributed by atoms with Crippen LogP contribution in [0, 0.1) is 0 Å². The van der Waals surface area contributed by atoms with Crippen LogP contribution in [0.3, 0.4) is 0 Å². The van der Waals surface area contributed by atoms with Gasteiger partial charge in [0.05, 0.1) is 5.69 Å². The Balaban J connectivity index is 2.36. The average Bonchev–Trinajstić information content (AvgIpc) is 2.53. The number of nitrogens with zero attached hydrogens (tertiary/aromatic N) is 1. The second-order valence-electron chi connectivity index (χ2n) is 5.37. The summed E-state index contributed by atoms with van der Waals surface area (Å²) in [6.45, 7) is 6.26. The molecule has 2 rings (SSSR count). The van der Waals surface area contributed by atoms with Crippen LogP contribution in [-0.4, -0.2) is 11.8 Å². The fraction of sp³-hybridized carbons (Fsp3) is 0.286. The van der Waals surface area contributed by atoms with Crippen LogP contribution in [0.5, 0.6) is 0 Å². The zero-order valence-corrected chi connectivity index (χ0v) is 12.3. The molecule has 19 heavy (non-hydrogen) atoms. The van der Waals surface area contributed by atoms with E-state index in [9.17, 15) is 9.59 Å². The molecule has 0 atom stereocenters. The van der Waals surface area contributed by atoms with Crippen molar-refractivity contribution in [1.82, 2.24) is 0 Å². The number of rotatable bonds is 1. The van der Waals surface area contributed by atoms with E-state index >= 15 is 0 Å². The first-order valence-corrected chi connectivity index (χ1v) is 6.53. The highest BCUT2D eigenvalue weighted by molar-refractivity contribution is 6.62. The SMILES string of the molecule is CC(C)(C)c1ccc(N2C(=O)C(Cl)=C(Cl)C2=O)cc1. The highest BCUT2D eigenvalue weighted by Crippen LogP contribution is 2.32. The Hall–Kier alpha value is -1.32. The van der Waals surface area contributed by atoms with Gasteiger partial charge in [-0.05, 0) is 23.1 Å². The molecule has 0 saturated heterocycles. The van der Waals surface area contributed by atoms with Gasteiger partial charge >= 0.3 is 0 Å². The Morgan fingerprint density at radius 3 is 1.68 bits per heavy atom. The maximum Gasteiger partial charge on any atom is 0.278 e. The maximum absolute atomic E-state index is 11.8. The van der Waals surface area contributed by atoms with Gasteiger partial charge in [0.1, 0.15) is 10.1 Å². The molecule has 1 aliphatic rings. The minimum Gasteiger partial charge on any atom is -0.267 e. The van der Waals surface area contributed by atoms with E-state index in [4.69, 9.17) is 23.2 Å². The summed E-state index contributed by atoms with van der Waals surface area (Å²) in [5, 5.41) is -0.460. The molecule has 0 radical (unpaired) electrons. The standard InChI is InChI=1S/C14H13Cl2NO2/c1-14(2,3)8-4-6-9(7-5-8)17-12(18)10(15)11(16)13(17)19/h4-7H,1-3H3. The van der Waals surface area contributed by atoms with Gasteiger partial charge in [-0.2, -0.15) is 0 Å². The number of halogens is 2. The summed E-state index contributed by atoms with van der Waals surface area (Å²) in [5.74, 6) is -1.17. The molecule has 100 valence electrons. The van der Waals surface area contributed by atoms with E-state index in [-0.39, 0.29) is 15.5 Å². The van der Waals surface area contributed by atoms with Crippen molar-refractivity contribution in [2.24, 2.45) is 0 Å². The molecule has 0 unspecified atom stereocenters. The molecule has 0 aliphatic carbocycles. The highest BCUT2D eigenvalue weighted by Gasteiger charge is 2.37. The smallest absolute Gasteiger partial charge is 0.267 e. The largest absolute Gasteiger partial charge is 0.278 e. The third-order valence-corrected chi connectivity index (χ3v) is 3.76. The second-order valence-corrected chi connectivity index (χ2v) is 6.13. The van der Waals surface area contributed by atoms with Crippen molar-refractivity contribution in [3.63, 3.8) is 0 Å². The molecule has 1 aliphatic heterocycles. The predicted molar refractivity (Wildman–Crippen MR) is 76.4 cm³/mol. The molecule has 0 N–H and O–H groups in total. The van der Waals surface area contributed by atoms with Crippen LogP contribution in [0.15, 0.2) is 34.3 Å². The van der Waals surface area contributed by atoms with E-state index in [0.29, 0.717) is 5.69 Å². The van der Waals surface area contributed by atoms with Crippen LogP contribution in [-0.2, 0) is 15.0 Å². The highest BCUT2D eigenvalue weighted by atomic mass is 35.5. The third-order valence-electron chi connectivity index (χ3n) is 2.97. The van der Waals surface area contributed by atoms with Crippen molar-refractivity contribution < 1.29 is 9.59 Å². The van der Waals surface area contributed by atoms with E-state index < -0.39 is 11.8 Å². The summed E-state index contributed by atoms with van der Waals surface area (Å²) < 4.78 is 0. The molecule has 0 saturated carbocycles. The number of benzene rings is 1. The molecule has 3 nitrogen and oxygen atoms in total. The number of carbonyl (C=O) groups excluding carboxylic acids is 2. The van der Waals surface area contributed by atoms with Gasteiger partial charge in [0.15, 0.2) is 0 Å². The summed E-state index contributed by atoms with van der Waals surface area (Å²) in [7, 11) is 0. The fourth-order valence-corrected chi connectivity index (χ4v) is 2.15. The van der Waals surface area contributed by atoms with E-state index in [2.05, 4.69) is 20.8 Å². The molecule has 0 fully saturated rings. The van der Waals surface area contributed by atoms with Crippen LogP contribution in [0.2, 0.25) is 0 Å². The van der Waals surface area contributed by atoms with Crippen molar-refractivity contribution in [2.75, 3.05) is 4.90 Å². The van der Waals surface area contributed by atoms with Gasteiger partial charge in [0.2, 0.25) is 0 Å². The van der Waals surface area contributed by atoms with Crippen molar-refractivity contribution in [3.8, 4) is 0 Å². The van der Waals surface area contributed by atoms with Crippen molar-refractivity contribution in [2.45, 2.75) is 26.2 Å². The summed E-state index contributed by atoms with van der Waals surface area (Å²) in [6.07, 6.45) is 0. The van der Waals surface area contributed by atoms with Gasteiger partial charge in [-0.15, -0.1) is 0 Å². The zero-order chi connectivity index (χ0) is 14.4. The quantitative estimate of drug-likeness (QED) is 0.744. The number of anilines is 1. The van der Waals surface area contributed by atoms with Gasteiger partial charge in [-0.1, -0.05) is 56.1 Å². The molecular formula is C14H13Cl2NO2. The van der Waals surface area contributed by atoms with E-state index in [1.54, 1.807) is 12.1 Å². The summed E-state index contributed by atoms with van der Waals surface area (Å²) in [6, 6.07) is 7.21. The Bertz CT molecular complexity index is 558. The molecule has 1 heterocycles.